The third-order valence-corrected chi connectivity index (χ3v) is 4.46. The van der Waals surface area contributed by atoms with Crippen molar-refractivity contribution < 1.29 is 4.79 Å². The predicted octanol–water partition coefficient (Wildman–Crippen LogP) is 2.92. The second-order valence-corrected chi connectivity index (χ2v) is 5.88. The number of hydrogen-bond donors (Lipinski definition) is 2. The Hall–Kier alpha value is -1.71. The molecule has 1 saturated heterocycles. The topological polar surface area (TPSA) is 58.4 Å². The lowest BCUT2D eigenvalue weighted by molar-refractivity contribution is -0.130. The lowest BCUT2D eigenvalue weighted by atomic mass is 9.89. The van der Waals surface area contributed by atoms with Gasteiger partial charge in [0.15, 0.2) is 0 Å². The molecule has 4 heteroatoms. The molecule has 1 aromatic carbocycles. The van der Waals surface area contributed by atoms with Crippen LogP contribution in [0.25, 0.3) is 0 Å². The summed E-state index contributed by atoms with van der Waals surface area (Å²) in [6.45, 7) is 3.07. The molecule has 3 rings (SSSR count). The highest BCUT2D eigenvalue weighted by Crippen LogP contribution is 2.42. The van der Waals surface area contributed by atoms with Crippen LogP contribution in [0.15, 0.2) is 18.2 Å². The molecule has 20 heavy (non-hydrogen) atoms. The van der Waals surface area contributed by atoms with Crippen molar-refractivity contribution in [3.05, 3.63) is 23.8 Å². The monoisotopic (exact) mass is 273 g/mol. The molecular weight excluding hydrogens is 250 g/mol. The van der Waals surface area contributed by atoms with E-state index in [1.54, 1.807) is 0 Å². The summed E-state index contributed by atoms with van der Waals surface area (Å²) in [5, 5.41) is 3.59. The Kier molecular flexibility index (Phi) is 3.55. The van der Waals surface area contributed by atoms with Crippen LogP contribution in [0.1, 0.15) is 50.6 Å². The smallest absolute Gasteiger partial charge is 0.223 e. The number of carbonyl (C=O) groups excluding carboxylic acids is 1. The molecule has 0 bridgehead atoms. The first-order chi connectivity index (χ1) is 9.70. The Balaban J connectivity index is 1.97. The fraction of sp³-hybridized carbons (Fsp3) is 0.562. The van der Waals surface area contributed by atoms with E-state index in [1.165, 1.54) is 0 Å². The van der Waals surface area contributed by atoms with Crippen LogP contribution in [0.3, 0.4) is 0 Å². The van der Waals surface area contributed by atoms with E-state index in [0.29, 0.717) is 12.5 Å². The molecule has 2 aliphatic rings. The molecule has 2 heterocycles. The van der Waals surface area contributed by atoms with Gasteiger partial charge in [-0.15, -0.1) is 0 Å². The summed E-state index contributed by atoms with van der Waals surface area (Å²) in [7, 11) is 0. The first kappa shape index (κ1) is 13.3. The average molecular weight is 273 g/mol. The van der Waals surface area contributed by atoms with Crippen molar-refractivity contribution in [1.82, 2.24) is 4.90 Å². The van der Waals surface area contributed by atoms with Crippen LogP contribution < -0.4 is 11.1 Å². The van der Waals surface area contributed by atoms with E-state index in [4.69, 9.17) is 5.73 Å². The van der Waals surface area contributed by atoms with Crippen molar-refractivity contribution in [2.45, 2.75) is 51.1 Å². The molecule has 0 radical (unpaired) electrons. The van der Waals surface area contributed by atoms with Crippen molar-refractivity contribution in [2.75, 3.05) is 17.6 Å². The molecule has 0 saturated carbocycles. The minimum atomic E-state index is 0.152. The molecule has 2 aliphatic heterocycles. The molecular formula is C16H23N3O. The van der Waals surface area contributed by atoms with Gasteiger partial charge >= 0.3 is 0 Å². The Morgan fingerprint density at radius 1 is 1.45 bits per heavy atom. The first-order valence-electron chi connectivity index (χ1n) is 7.65. The molecule has 2 unspecified atom stereocenters. The summed E-state index contributed by atoms with van der Waals surface area (Å²) in [4.78, 5) is 14.2. The van der Waals surface area contributed by atoms with Crippen LogP contribution in [0.4, 0.5) is 11.4 Å². The second-order valence-electron chi connectivity index (χ2n) is 5.88. The van der Waals surface area contributed by atoms with Crippen molar-refractivity contribution in [2.24, 2.45) is 0 Å². The van der Waals surface area contributed by atoms with E-state index in [1.807, 2.05) is 17.0 Å². The van der Waals surface area contributed by atoms with Gasteiger partial charge in [0, 0.05) is 35.9 Å². The van der Waals surface area contributed by atoms with Gasteiger partial charge in [0.2, 0.25) is 5.91 Å². The molecule has 0 aromatic heterocycles. The van der Waals surface area contributed by atoms with E-state index in [-0.39, 0.29) is 11.9 Å². The first-order valence-corrected chi connectivity index (χ1v) is 7.65. The number of nitrogens with two attached hydrogens (primary N) is 1. The number of nitrogen functional groups attached to an aromatic ring is 1. The van der Waals surface area contributed by atoms with Gasteiger partial charge in [-0.1, -0.05) is 19.4 Å². The molecule has 1 fully saturated rings. The fourth-order valence-corrected chi connectivity index (χ4v) is 3.57. The maximum Gasteiger partial charge on any atom is 0.223 e. The number of benzene rings is 1. The van der Waals surface area contributed by atoms with Gasteiger partial charge in [0.1, 0.15) is 0 Å². The molecule has 1 aromatic rings. The van der Waals surface area contributed by atoms with Crippen LogP contribution in [0, 0.1) is 0 Å². The van der Waals surface area contributed by atoms with Crippen molar-refractivity contribution in [3.63, 3.8) is 0 Å². The van der Waals surface area contributed by atoms with Gasteiger partial charge in [-0.25, -0.2) is 0 Å². The number of nitrogens with zero attached hydrogens (tertiary/aromatic N) is 1. The minimum Gasteiger partial charge on any atom is -0.398 e. The Morgan fingerprint density at radius 3 is 3.00 bits per heavy atom. The summed E-state index contributed by atoms with van der Waals surface area (Å²) >= 11 is 0. The van der Waals surface area contributed by atoms with E-state index in [0.717, 1.165) is 49.2 Å². The van der Waals surface area contributed by atoms with Crippen LogP contribution in [-0.2, 0) is 4.79 Å². The Labute approximate surface area is 120 Å². The van der Waals surface area contributed by atoms with Crippen molar-refractivity contribution in [1.29, 1.82) is 0 Å². The third kappa shape index (κ3) is 2.23. The van der Waals surface area contributed by atoms with Crippen molar-refractivity contribution in [3.8, 4) is 0 Å². The van der Waals surface area contributed by atoms with Gasteiger partial charge in [0.25, 0.3) is 0 Å². The van der Waals surface area contributed by atoms with Crippen molar-refractivity contribution >= 4 is 17.3 Å². The summed E-state index contributed by atoms with van der Waals surface area (Å²) < 4.78 is 0. The van der Waals surface area contributed by atoms with E-state index in [9.17, 15) is 4.79 Å². The van der Waals surface area contributed by atoms with E-state index >= 15 is 0 Å². The number of fused-ring (bicyclic) bond motifs is 1. The molecule has 3 N–H and O–H groups in total. The number of nitrogens with one attached hydrogen (secondary N) is 1. The summed E-state index contributed by atoms with van der Waals surface area (Å²) in [5.41, 5.74) is 9.22. The largest absolute Gasteiger partial charge is 0.398 e. The average Bonchev–Trinajstić information content (AvgIpc) is 2.84. The lowest BCUT2D eigenvalue weighted by Crippen LogP contribution is -2.38. The van der Waals surface area contributed by atoms with Crippen LogP contribution in [0.2, 0.25) is 0 Å². The zero-order valence-electron chi connectivity index (χ0n) is 12.1. The second kappa shape index (κ2) is 5.35. The molecule has 0 aliphatic carbocycles. The zero-order chi connectivity index (χ0) is 14.1. The van der Waals surface area contributed by atoms with Crippen LogP contribution >= 0.6 is 0 Å². The van der Waals surface area contributed by atoms with E-state index in [2.05, 4.69) is 18.3 Å². The number of anilines is 2. The number of amides is 1. The van der Waals surface area contributed by atoms with Gasteiger partial charge in [-0.05, 0) is 31.4 Å². The molecule has 4 nitrogen and oxygen atoms in total. The molecule has 108 valence electrons. The Bertz CT molecular complexity index is 514. The Morgan fingerprint density at radius 2 is 2.30 bits per heavy atom. The molecule has 0 spiro atoms. The number of hydrogen-bond acceptors (Lipinski definition) is 3. The third-order valence-electron chi connectivity index (χ3n) is 4.46. The highest BCUT2D eigenvalue weighted by Gasteiger charge is 2.36. The quantitative estimate of drug-likeness (QED) is 0.832. The van der Waals surface area contributed by atoms with Gasteiger partial charge in [-0.2, -0.15) is 0 Å². The zero-order valence-corrected chi connectivity index (χ0v) is 12.1. The van der Waals surface area contributed by atoms with Crippen LogP contribution in [-0.4, -0.2) is 23.4 Å². The molecule has 1 amide bonds. The van der Waals surface area contributed by atoms with E-state index < -0.39 is 0 Å². The number of carbonyl (C=O) groups is 1. The van der Waals surface area contributed by atoms with Gasteiger partial charge in [0.05, 0.1) is 6.04 Å². The summed E-state index contributed by atoms with van der Waals surface area (Å²) in [6, 6.07) is 6.60. The maximum absolute atomic E-state index is 12.1. The van der Waals surface area contributed by atoms with Crippen LogP contribution in [0.5, 0.6) is 0 Å². The van der Waals surface area contributed by atoms with Gasteiger partial charge < -0.3 is 16.0 Å². The predicted molar refractivity (Wildman–Crippen MR) is 81.5 cm³/mol. The lowest BCUT2D eigenvalue weighted by Gasteiger charge is -2.38. The minimum absolute atomic E-state index is 0.152. The molecule has 2 atom stereocenters. The fourth-order valence-electron chi connectivity index (χ4n) is 3.57. The summed E-state index contributed by atoms with van der Waals surface area (Å²) in [6.07, 6.45) is 4.91. The maximum atomic E-state index is 12.1. The van der Waals surface area contributed by atoms with Gasteiger partial charge in [-0.3, -0.25) is 4.79 Å². The summed E-state index contributed by atoms with van der Waals surface area (Å²) in [5.74, 6) is 0.279. The number of likely N-dealkylation sites (tertiary alicyclic amines) is 1. The normalized spacial score (nSPS) is 25.4. The standard InChI is InChI=1S/C16H23N3O/c1-2-5-11-10-14(19-9-4-8-15(19)20)16-12(17)6-3-7-13(16)18-11/h3,6-7,11,14,18H,2,4-5,8-10,17H2,1H3. The number of rotatable bonds is 3. The highest BCUT2D eigenvalue weighted by atomic mass is 16.2. The highest BCUT2D eigenvalue weighted by molar-refractivity contribution is 5.80. The SMILES string of the molecule is CCCC1CC(N2CCCC2=O)c2c(N)cccc2N1.